The van der Waals surface area contributed by atoms with Crippen LogP contribution >= 0.6 is 0 Å². The Kier molecular flexibility index (Phi) is 3.91. The predicted octanol–water partition coefficient (Wildman–Crippen LogP) is 3.30. The first kappa shape index (κ1) is 11.8. The molecule has 0 spiro atoms. The van der Waals surface area contributed by atoms with Crippen molar-refractivity contribution in [3.8, 4) is 0 Å². The highest BCUT2D eigenvalue weighted by Crippen LogP contribution is 2.14. The van der Waals surface area contributed by atoms with Crippen LogP contribution in [0.3, 0.4) is 0 Å². The quantitative estimate of drug-likeness (QED) is 0.625. The molecule has 90 valence electrons. The normalized spacial score (nSPS) is 19.1. The maximum absolute atomic E-state index is 11.7. The molecule has 0 atom stereocenters. The Balaban J connectivity index is 2.03. The Hall–Kier alpha value is -1.64. The van der Waals surface area contributed by atoms with E-state index in [9.17, 15) is 4.79 Å². The van der Waals surface area contributed by atoms with E-state index in [1.807, 2.05) is 31.2 Å². The molecule has 0 heterocycles. The number of carbonyl (C=O) groups excluding carboxylic acids is 1. The van der Waals surface area contributed by atoms with Gasteiger partial charge in [-0.2, -0.15) is 5.10 Å². The summed E-state index contributed by atoms with van der Waals surface area (Å²) in [5.41, 5.74) is 5.81. The molecule has 1 aliphatic rings. The Bertz CT molecular complexity index is 420. The summed E-state index contributed by atoms with van der Waals surface area (Å²) in [7, 11) is 0. The number of benzene rings is 1. The van der Waals surface area contributed by atoms with Crippen LogP contribution < -0.4 is 5.43 Å². The first-order valence-corrected chi connectivity index (χ1v) is 6.18. The monoisotopic (exact) mass is 230 g/mol. The van der Waals surface area contributed by atoms with Crippen LogP contribution in [0.25, 0.3) is 0 Å². The van der Waals surface area contributed by atoms with Crippen molar-refractivity contribution >= 4 is 17.2 Å². The number of ketones is 1. The number of nitrogens with zero attached hydrogens (tertiary/aromatic N) is 1. The molecule has 3 heteroatoms. The molecule has 1 saturated carbocycles. The van der Waals surface area contributed by atoms with Gasteiger partial charge in [0.1, 0.15) is 5.71 Å². The van der Waals surface area contributed by atoms with Crippen LogP contribution in [0.4, 0.5) is 5.69 Å². The molecule has 0 bridgehead atoms. The Morgan fingerprint density at radius 1 is 1.06 bits per heavy atom. The number of hydrazone groups is 1. The minimum Gasteiger partial charge on any atom is -0.293 e. The molecule has 1 aliphatic carbocycles. The maximum Gasteiger partial charge on any atom is 0.178 e. The Labute approximate surface area is 102 Å². The third-order valence-electron chi connectivity index (χ3n) is 3.01. The van der Waals surface area contributed by atoms with E-state index < -0.39 is 0 Å². The molecule has 0 unspecified atom stereocenters. The lowest BCUT2D eigenvalue weighted by molar-refractivity contribution is -0.113. The number of hydrogen-bond donors (Lipinski definition) is 1. The van der Waals surface area contributed by atoms with E-state index in [0.29, 0.717) is 12.1 Å². The minimum absolute atomic E-state index is 0.196. The van der Waals surface area contributed by atoms with Crippen molar-refractivity contribution in [1.29, 1.82) is 0 Å². The van der Waals surface area contributed by atoms with Crippen LogP contribution in [0.15, 0.2) is 29.4 Å². The third kappa shape index (κ3) is 3.41. The van der Waals surface area contributed by atoms with Crippen molar-refractivity contribution in [2.24, 2.45) is 5.10 Å². The fourth-order valence-electron chi connectivity index (χ4n) is 1.92. The van der Waals surface area contributed by atoms with E-state index in [4.69, 9.17) is 0 Å². The lowest BCUT2D eigenvalue weighted by atomic mass is 10.1. The number of anilines is 1. The molecular weight excluding hydrogens is 212 g/mol. The number of aryl methyl sites for hydroxylation is 1. The van der Waals surface area contributed by atoms with Gasteiger partial charge in [-0.15, -0.1) is 0 Å². The molecule has 3 nitrogen and oxygen atoms in total. The van der Waals surface area contributed by atoms with E-state index >= 15 is 0 Å². The lowest BCUT2D eigenvalue weighted by Gasteiger charge is -2.04. The van der Waals surface area contributed by atoms with Crippen LogP contribution in [-0.4, -0.2) is 11.5 Å². The van der Waals surface area contributed by atoms with Gasteiger partial charge in [0.25, 0.3) is 0 Å². The van der Waals surface area contributed by atoms with E-state index in [2.05, 4.69) is 10.5 Å². The molecule has 1 aromatic carbocycles. The van der Waals surface area contributed by atoms with E-state index in [1.54, 1.807) is 0 Å². The van der Waals surface area contributed by atoms with Gasteiger partial charge in [0.15, 0.2) is 5.78 Å². The smallest absolute Gasteiger partial charge is 0.178 e. The van der Waals surface area contributed by atoms with E-state index in [-0.39, 0.29) is 5.78 Å². The molecule has 0 radical (unpaired) electrons. The summed E-state index contributed by atoms with van der Waals surface area (Å²) in [5, 5.41) is 4.24. The molecule has 17 heavy (non-hydrogen) atoms. The van der Waals surface area contributed by atoms with Crippen LogP contribution in [0.1, 0.15) is 37.7 Å². The topological polar surface area (TPSA) is 41.5 Å². The zero-order valence-electron chi connectivity index (χ0n) is 10.2. The zero-order valence-corrected chi connectivity index (χ0v) is 10.2. The lowest BCUT2D eigenvalue weighted by Crippen LogP contribution is -2.13. The summed E-state index contributed by atoms with van der Waals surface area (Å²) in [4.78, 5) is 11.7. The zero-order chi connectivity index (χ0) is 12.1. The summed E-state index contributed by atoms with van der Waals surface area (Å²) in [6, 6.07) is 8.00. The van der Waals surface area contributed by atoms with Crippen molar-refractivity contribution in [3.63, 3.8) is 0 Å². The summed E-state index contributed by atoms with van der Waals surface area (Å²) in [6.45, 7) is 2.05. The molecule has 1 fully saturated rings. The minimum atomic E-state index is 0.196. The summed E-state index contributed by atoms with van der Waals surface area (Å²) in [5.74, 6) is 0.196. The number of nitrogens with one attached hydrogen (secondary N) is 1. The van der Waals surface area contributed by atoms with Gasteiger partial charge in [-0.05, 0) is 38.3 Å². The molecule has 0 saturated heterocycles. The maximum atomic E-state index is 11.7. The highest BCUT2D eigenvalue weighted by Gasteiger charge is 2.14. The molecule has 1 aromatic rings. The van der Waals surface area contributed by atoms with E-state index in [1.165, 1.54) is 5.56 Å². The number of hydrogen-bond acceptors (Lipinski definition) is 3. The van der Waals surface area contributed by atoms with Crippen LogP contribution in [0.2, 0.25) is 0 Å². The Morgan fingerprint density at radius 3 is 2.53 bits per heavy atom. The van der Waals surface area contributed by atoms with Gasteiger partial charge >= 0.3 is 0 Å². The standard InChI is InChI=1S/C14H18N2O/c1-11-7-9-12(10-8-11)15-16-13-5-3-2-4-6-14(13)17/h7-10,15H,2-6H2,1H3. The van der Waals surface area contributed by atoms with Crippen LogP contribution in [-0.2, 0) is 4.79 Å². The van der Waals surface area contributed by atoms with Crippen molar-refractivity contribution in [2.45, 2.75) is 39.0 Å². The second-order valence-electron chi connectivity index (χ2n) is 4.52. The molecule has 0 aliphatic heterocycles. The molecule has 0 amide bonds. The van der Waals surface area contributed by atoms with Gasteiger partial charge in [0, 0.05) is 6.42 Å². The van der Waals surface area contributed by atoms with Gasteiger partial charge in [-0.1, -0.05) is 24.1 Å². The Morgan fingerprint density at radius 2 is 1.76 bits per heavy atom. The largest absolute Gasteiger partial charge is 0.293 e. The van der Waals surface area contributed by atoms with E-state index in [0.717, 1.165) is 31.4 Å². The molecular formula is C14H18N2O. The predicted molar refractivity (Wildman–Crippen MR) is 70.3 cm³/mol. The van der Waals surface area contributed by atoms with Gasteiger partial charge in [-0.3, -0.25) is 10.2 Å². The second-order valence-corrected chi connectivity index (χ2v) is 4.52. The number of Topliss-reactive ketones (excluding diaryl/α,β-unsaturated/α-hetero) is 1. The molecule has 2 rings (SSSR count). The SMILES string of the molecule is Cc1ccc(NN=C2CCCCCC2=O)cc1. The van der Waals surface area contributed by atoms with Crippen LogP contribution in [0, 0.1) is 6.92 Å². The van der Waals surface area contributed by atoms with Gasteiger partial charge < -0.3 is 0 Å². The fourth-order valence-corrected chi connectivity index (χ4v) is 1.92. The third-order valence-corrected chi connectivity index (χ3v) is 3.01. The first-order chi connectivity index (χ1) is 8.25. The highest BCUT2D eigenvalue weighted by atomic mass is 16.1. The van der Waals surface area contributed by atoms with Crippen molar-refractivity contribution in [1.82, 2.24) is 0 Å². The number of rotatable bonds is 2. The van der Waals surface area contributed by atoms with Crippen LogP contribution in [0.5, 0.6) is 0 Å². The van der Waals surface area contributed by atoms with Gasteiger partial charge in [-0.25, -0.2) is 0 Å². The summed E-state index contributed by atoms with van der Waals surface area (Å²) in [6.07, 6.45) is 4.66. The van der Waals surface area contributed by atoms with Crippen molar-refractivity contribution in [2.75, 3.05) is 5.43 Å². The van der Waals surface area contributed by atoms with Gasteiger partial charge in [0.05, 0.1) is 5.69 Å². The number of carbonyl (C=O) groups is 1. The second kappa shape index (κ2) is 5.62. The first-order valence-electron chi connectivity index (χ1n) is 6.18. The fraction of sp³-hybridized carbons (Fsp3) is 0.429. The highest BCUT2D eigenvalue weighted by molar-refractivity contribution is 6.40. The van der Waals surface area contributed by atoms with Crippen molar-refractivity contribution in [3.05, 3.63) is 29.8 Å². The van der Waals surface area contributed by atoms with Gasteiger partial charge in [0.2, 0.25) is 0 Å². The van der Waals surface area contributed by atoms with Crippen molar-refractivity contribution < 1.29 is 4.79 Å². The average Bonchev–Trinajstić information content (AvgIpc) is 2.54. The summed E-state index contributed by atoms with van der Waals surface area (Å²) < 4.78 is 0. The average molecular weight is 230 g/mol. The molecule has 1 N–H and O–H groups in total. The molecule has 0 aromatic heterocycles. The summed E-state index contributed by atoms with van der Waals surface area (Å²) >= 11 is 0.